The number of hydrogen-bond acceptors (Lipinski definition) is 3. The molecule has 2 unspecified atom stereocenters. The Hall–Kier alpha value is -1.55. The Labute approximate surface area is 170 Å². The zero-order valence-electron chi connectivity index (χ0n) is 17.6. The van der Waals surface area contributed by atoms with E-state index >= 15 is 0 Å². The second-order valence-corrected chi connectivity index (χ2v) is 9.40. The summed E-state index contributed by atoms with van der Waals surface area (Å²) in [5, 5.41) is 0. The largest absolute Gasteiger partial charge is 0.493 e. The first kappa shape index (κ1) is 19.8. The average molecular weight is 385 g/mol. The standard InChI is InChI=1S/C24H36N2O2/c1-18(2)24(27)25-13-11-19(12-14-25)23-16-26(21-7-6-8-21)15-20(23)17-28-22-9-4-3-5-10-22/h3-5,9-10,18-21,23H,6-8,11-17H2,1-2H3. The Morgan fingerprint density at radius 2 is 1.79 bits per heavy atom. The summed E-state index contributed by atoms with van der Waals surface area (Å²) in [5.74, 6) is 3.47. The molecule has 1 saturated carbocycles. The normalized spacial score (nSPS) is 27.2. The van der Waals surface area contributed by atoms with Gasteiger partial charge in [0.25, 0.3) is 0 Å². The summed E-state index contributed by atoms with van der Waals surface area (Å²) in [6.07, 6.45) is 6.46. The van der Waals surface area contributed by atoms with Gasteiger partial charge in [-0.15, -0.1) is 0 Å². The first-order chi connectivity index (χ1) is 13.6. The number of amides is 1. The van der Waals surface area contributed by atoms with Gasteiger partial charge in [-0.25, -0.2) is 0 Å². The van der Waals surface area contributed by atoms with Crippen molar-refractivity contribution in [3.05, 3.63) is 30.3 Å². The molecule has 1 amide bonds. The molecule has 0 aromatic heterocycles. The molecule has 28 heavy (non-hydrogen) atoms. The number of para-hydroxylation sites is 1. The van der Waals surface area contributed by atoms with Crippen LogP contribution in [0.15, 0.2) is 30.3 Å². The Morgan fingerprint density at radius 1 is 1.07 bits per heavy atom. The van der Waals surface area contributed by atoms with E-state index in [1.165, 1.54) is 32.4 Å². The molecule has 154 valence electrons. The number of rotatable bonds is 6. The topological polar surface area (TPSA) is 32.8 Å². The van der Waals surface area contributed by atoms with Gasteiger partial charge in [0.2, 0.25) is 5.91 Å². The molecular weight excluding hydrogens is 348 g/mol. The maximum atomic E-state index is 12.3. The van der Waals surface area contributed by atoms with Gasteiger partial charge in [0.1, 0.15) is 5.75 Å². The van der Waals surface area contributed by atoms with E-state index in [4.69, 9.17) is 4.74 Å². The van der Waals surface area contributed by atoms with Crippen molar-refractivity contribution in [2.75, 3.05) is 32.8 Å². The SMILES string of the molecule is CC(C)C(=O)N1CCC(C2CN(C3CCC3)CC2COc2ccccc2)CC1. The molecular formula is C24H36N2O2. The van der Waals surface area contributed by atoms with Crippen LogP contribution in [0.1, 0.15) is 46.0 Å². The van der Waals surface area contributed by atoms with E-state index in [0.717, 1.165) is 50.2 Å². The molecule has 0 spiro atoms. The number of likely N-dealkylation sites (tertiary alicyclic amines) is 2. The highest BCUT2D eigenvalue weighted by molar-refractivity contribution is 5.78. The number of hydrogen-bond donors (Lipinski definition) is 0. The molecule has 0 bridgehead atoms. The second kappa shape index (κ2) is 8.86. The van der Waals surface area contributed by atoms with Crippen LogP contribution < -0.4 is 4.74 Å². The first-order valence-electron chi connectivity index (χ1n) is 11.3. The molecule has 4 rings (SSSR count). The van der Waals surface area contributed by atoms with Crippen LogP contribution in [0.5, 0.6) is 5.75 Å². The smallest absolute Gasteiger partial charge is 0.225 e. The number of carbonyl (C=O) groups excluding carboxylic acids is 1. The van der Waals surface area contributed by atoms with Crippen LogP contribution in [0.3, 0.4) is 0 Å². The molecule has 1 aromatic carbocycles. The first-order valence-corrected chi connectivity index (χ1v) is 11.3. The van der Waals surface area contributed by atoms with Crippen molar-refractivity contribution < 1.29 is 9.53 Å². The quantitative estimate of drug-likeness (QED) is 0.741. The summed E-state index contributed by atoms with van der Waals surface area (Å²) in [7, 11) is 0. The molecule has 3 aliphatic rings. The molecule has 2 aliphatic heterocycles. The fourth-order valence-electron chi connectivity index (χ4n) is 5.32. The summed E-state index contributed by atoms with van der Waals surface area (Å²) < 4.78 is 6.19. The molecule has 3 fully saturated rings. The van der Waals surface area contributed by atoms with Gasteiger partial charge in [-0.05, 0) is 49.7 Å². The van der Waals surface area contributed by atoms with Gasteiger partial charge in [0.05, 0.1) is 6.61 Å². The molecule has 1 aliphatic carbocycles. The van der Waals surface area contributed by atoms with Crippen LogP contribution in [-0.4, -0.2) is 54.5 Å². The van der Waals surface area contributed by atoms with E-state index in [1.807, 2.05) is 32.0 Å². The third-order valence-corrected chi connectivity index (χ3v) is 7.27. The van der Waals surface area contributed by atoms with Crippen LogP contribution >= 0.6 is 0 Å². The lowest BCUT2D eigenvalue weighted by molar-refractivity contribution is -0.136. The van der Waals surface area contributed by atoms with Crippen molar-refractivity contribution >= 4 is 5.91 Å². The van der Waals surface area contributed by atoms with Crippen LogP contribution in [0.4, 0.5) is 0 Å². The predicted molar refractivity (Wildman–Crippen MR) is 112 cm³/mol. The molecule has 2 saturated heterocycles. The predicted octanol–water partition coefficient (Wildman–Crippen LogP) is 4.06. The summed E-state index contributed by atoms with van der Waals surface area (Å²) in [4.78, 5) is 17.2. The minimum Gasteiger partial charge on any atom is -0.493 e. The lowest BCUT2D eigenvalue weighted by Crippen LogP contribution is -2.43. The van der Waals surface area contributed by atoms with Gasteiger partial charge < -0.3 is 9.64 Å². The van der Waals surface area contributed by atoms with Crippen molar-refractivity contribution in [2.24, 2.45) is 23.7 Å². The highest BCUT2D eigenvalue weighted by Gasteiger charge is 2.42. The Bertz CT molecular complexity index is 635. The number of carbonyl (C=O) groups is 1. The monoisotopic (exact) mass is 384 g/mol. The highest BCUT2D eigenvalue weighted by atomic mass is 16.5. The van der Waals surface area contributed by atoms with E-state index in [2.05, 4.69) is 21.9 Å². The van der Waals surface area contributed by atoms with Gasteiger partial charge in [0.15, 0.2) is 0 Å². The van der Waals surface area contributed by atoms with Crippen LogP contribution in [-0.2, 0) is 4.79 Å². The zero-order chi connectivity index (χ0) is 19.5. The lowest BCUT2D eigenvalue weighted by atomic mass is 9.78. The van der Waals surface area contributed by atoms with Gasteiger partial charge >= 0.3 is 0 Å². The third-order valence-electron chi connectivity index (χ3n) is 7.27. The summed E-state index contributed by atoms with van der Waals surface area (Å²) in [6.45, 7) is 9.14. The van der Waals surface area contributed by atoms with Crippen LogP contribution in [0.25, 0.3) is 0 Å². The van der Waals surface area contributed by atoms with Crippen LogP contribution in [0.2, 0.25) is 0 Å². The van der Waals surface area contributed by atoms with E-state index in [0.29, 0.717) is 17.7 Å². The van der Waals surface area contributed by atoms with Crippen molar-refractivity contribution in [1.29, 1.82) is 0 Å². The van der Waals surface area contributed by atoms with Crippen molar-refractivity contribution in [3.8, 4) is 5.75 Å². The van der Waals surface area contributed by atoms with Crippen LogP contribution in [0, 0.1) is 23.7 Å². The molecule has 2 heterocycles. The van der Waals surface area contributed by atoms with E-state index in [9.17, 15) is 4.79 Å². The molecule has 0 N–H and O–H groups in total. The molecule has 4 heteroatoms. The molecule has 4 nitrogen and oxygen atoms in total. The Balaban J connectivity index is 1.37. The lowest BCUT2D eigenvalue weighted by Gasteiger charge is -2.38. The maximum absolute atomic E-state index is 12.3. The van der Waals surface area contributed by atoms with E-state index in [1.54, 1.807) is 0 Å². The zero-order valence-corrected chi connectivity index (χ0v) is 17.6. The summed E-state index contributed by atoms with van der Waals surface area (Å²) >= 11 is 0. The Kier molecular flexibility index (Phi) is 6.25. The van der Waals surface area contributed by atoms with E-state index in [-0.39, 0.29) is 5.92 Å². The van der Waals surface area contributed by atoms with Crippen molar-refractivity contribution in [1.82, 2.24) is 9.80 Å². The van der Waals surface area contributed by atoms with E-state index < -0.39 is 0 Å². The second-order valence-electron chi connectivity index (χ2n) is 9.40. The third kappa shape index (κ3) is 4.37. The molecule has 0 radical (unpaired) electrons. The summed E-state index contributed by atoms with van der Waals surface area (Å²) in [5.41, 5.74) is 0. The average Bonchev–Trinajstić information content (AvgIpc) is 3.08. The fraction of sp³-hybridized carbons (Fsp3) is 0.708. The maximum Gasteiger partial charge on any atom is 0.225 e. The van der Waals surface area contributed by atoms with Gasteiger partial charge in [-0.2, -0.15) is 0 Å². The number of piperidine rings is 1. The minimum absolute atomic E-state index is 0.115. The Morgan fingerprint density at radius 3 is 2.39 bits per heavy atom. The number of ether oxygens (including phenoxy) is 1. The fourth-order valence-corrected chi connectivity index (χ4v) is 5.32. The van der Waals surface area contributed by atoms with Crippen molar-refractivity contribution in [3.63, 3.8) is 0 Å². The van der Waals surface area contributed by atoms with Gasteiger partial charge in [0, 0.05) is 44.1 Å². The van der Waals surface area contributed by atoms with Gasteiger partial charge in [-0.1, -0.05) is 38.5 Å². The highest BCUT2D eigenvalue weighted by Crippen LogP contribution is 2.39. The van der Waals surface area contributed by atoms with Crippen molar-refractivity contribution in [2.45, 2.75) is 52.0 Å². The molecule has 1 aromatic rings. The summed E-state index contributed by atoms with van der Waals surface area (Å²) in [6, 6.07) is 11.1. The minimum atomic E-state index is 0.115. The number of benzene rings is 1. The number of nitrogens with zero attached hydrogens (tertiary/aromatic N) is 2. The van der Waals surface area contributed by atoms with Gasteiger partial charge in [-0.3, -0.25) is 9.69 Å². The molecule has 2 atom stereocenters.